The molecule has 2 amide bonds. The summed E-state index contributed by atoms with van der Waals surface area (Å²) in [7, 11) is 0. The Balaban J connectivity index is 1.61. The lowest BCUT2D eigenvalue weighted by Crippen LogP contribution is -2.34. The van der Waals surface area contributed by atoms with Gasteiger partial charge in [-0.1, -0.05) is 6.07 Å². The molecule has 1 heterocycles. The second-order valence-electron chi connectivity index (χ2n) is 6.57. The van der Waals surface area contributed by atoms with Gasteiger partial charge in [0, 0.05) is 29.9 Å². The summed E-state index contributed by atoms with van der Waals surface area (Å²) in [4.78, 5) is 26.8. The number of likely N-dealkylation sites (tertiary alicyclic amines) is 1. The van der Waals surface area contributed by atoms with Crippen molar-refractivity contribution in [2.24, 2.45) is 0 Å². The number of halogens is 1. The van der Waals surface area contributed by atoms with Gasteiger partial charge in [-0.15, -0.1) is 0 Å². The zero-order valence-electron chi connectivity index (χ0n) is 16.0. The Morgan fingerprint density at radius 2 is 1.90 bits per heavy atom. The number of nitrogens with one attached hydrogen (secondary N) is 2. The van der Waals surface area contributed by atoms with Gasteiger partial charge >= 0.3 is 0 Å². The molecular weight excluding hydrogens is 454 g/mol. The van der Waals surface area contributed by atoms with Crippen LogP contribution >= 0.6 is 28.1 Å². The van der Waals surface area contributed by atoms with Crippen LogP contribution in [0.3, 0.4) is 0 Å². The first-order valence-corrected chi connectivity index (χ1v) is 10.6. The van der Waals surface area contributed by atoms with Gasteiger partial charge in [0.25, 0.3) is 11.8 Å². The van der Waals surface area contributed by atoms with Crippen LogP contribution in [0.25, 0.3) is 0 Å². The van der Waals surface area contributed by atoms with Crippen LogP contribution in [0.15, 0.2) is 46.9 Å². The van der Waals surface area contributed by atoms with Crippen molar-refractivity contribution in [3.8, 4) is 5.75 Å². The zero-order valence-corrected chi connectivity index (χ0v) is 18.4. The lowest BCUT2D eigenvalue weighted by Gasteiger charge is -2.16. The lowest BCUT2D eigenvalue weighted by atomic mass is 10.2. The number of hydrogen-bond acceptors (Lipinski definition) is 4. The van der Waals surface area contributed by atoms with Crippen molar-refractivity contribution in [1.29, 1.82) is 0 Å². The minimum absolute atomic E-state index is 0.0142. The van der Waals surface area contributed by atoms with E-state index in [0.29, 0.717) is 33.6 Å². The molecule has 2 aromatic carbocycles. The first kappa shape index (κ1) is 21.3. The van der Waals surface area contributed by atoms with Crippen LogP contribution in [0.1, 0.15) is 40.5 Å². The normalized spacial score (nSPS) is 13.1. The standard InChI is InChI=1S/C21H22BrN3O3S/c1-2-28-18-9-8-14(13-17(18)22)19(26)24-21(29)23-16-7-5-6-15(12-16)20(27)25-10-3-4-11-25/h5-9,12-13H,2-4,10-11H2,1H3,(H2,23,24,26,29). The van der Waals surface area contributed by atoms with Crippen molar-refractivity contribution in [2.75, 3.05) is 25.0 Å². The maximum Gasteiger partial charge on any atom is 0.257 e. The predicted molar refractivity (Wildman–Crippen MR) is 121 cm³/mol. The quantitative estimate of drug-likeness (QED) is 0.633. The summed E-state index contributed by atoms with van der Waals surface area (Å²) < 4.78 is 6.14. The van der Waals surface area contributed by atoms with Gasteiger partial charge in [0.1, 0.15) is 5.75 Å². The molecule has 0 unspecified atom stereocenters. The van der Waals surface area contributed by atoms with Crippen LogP contribution in [0.2, 0.25) is 0 Å². The van der Waals surface area contributed by atoms with Gasteiger partial charge in [-0.05, 0) is 84.3 Å². The molecule has 3 rings (SSSR count). The van der Waals surface area contributed by atoms with Crippen molar-refractivity contribution in [3.05, 3.63) is 58.1 Å². The van der Waals surface area contributed by atoms with Crippen molar-refractivity contribution in [3.63, 3.8) is 0 Å². The van der Waals surface area contributed by atoms with Crippen LogP contribution in [0, 0.1) is 0 Å². The van der Waals surface area contributed by atoms with E-state index in [1.807, 2.05) is 11.8 Å². The Bertz CT molecular complexity index is 929. The molecule has 1 saturated heterocycles. The number of rotatable bonds is 5. The molecule has 2 aromatic rings. The van der Waals surface area contributed by atoms with Gasteiger partial charge in [0.15, 0.2) is 5.11 Å². The second kappa shape index (κ2) is 9.84. The molecule has 1 aliphatic rings. The average Bonchev–Trinajstić information content (AvgIpc) is 3.24. The number of anilines is 1. The van der Waals surface area contributed by atoms with E-state index >= 15 is 0 Å². The minimum Gasteiger partial charge on any atom is -0.493 e. The molecule has 29 heavy (non-hydrogen) atoms. The third-order valence-corrected chi connectivity index (χ3v) is 5.31. The Morgan fingerprint density at radius 3 is 2.59 bits per heavy atom. The number of amides is 2. The smallest absolute Gasteiger partial charge is 0.257 e. The van der Waals surface area contributed by atoms with Crippen LogP contribution < -0.4 is 15.4 Å². The highest BCUT2D eigenvalue weighted by Crippen LogP contribution is 2.26. The van der Waals surface area contributed by atoms with E-state index in [0.717, 1.165) is 25.9 Å². The van der Waals surface area contributed by atoms with E-state index in [2.05, 4.69) is 26.6 Å². The zero-order chi connectivity index (χ0) is 20.8. The van der Waals surface area contributed by atoms with Gasteiger partial charge in [0.05, 0.1) is 11.1 Å². The number of benzene rings is 2. The summed E-state index contributed by atoms with van der Waals surface area (Å²) in [6, 6.07) is 12.2. The van der Waals surface area contributed by atoms with Crippen LogP contribution in [0.4, 0.5) is 5.69 Å². The molecule has 0 atom stereocenters. The van der Waals surface area contributed by atoms with Crippen LogP contribution in [-0.2, 0) is 0 Å². The fourth-order valence-electron chi connectivity index (χ4n) is 3.09. The Hall–Kier alpha value is -2.45. The van der Waals surface area contributed by atoms with Crippen molar-refractivity contribution >= 4 is 50.8 Å². The number of nitrogens with zero attached hydrogens (tertiary/aromatic N) is 1. The maximum atomic E-state index is 12.5. The number of carbonyl (C=O) groups is 2. The van der Waals surface area contributed by atoms with E-state index in [9.17, 15) is 9.59 Å². The molecule has 152 valence electrons. The van der Waals surface area contributed by atoms with Gasteiger partial charge in [-0.3, -0.25) is 14.9 Å². The third-order valence-electron chi connectivity index (χ3n) is 4.48. The van der Waals surface area contributed by atoms with Gasteiger partial charge in [-0.25, -0.2) is 0 Å². The third kappa shape index (κ3) is 5.55. The van der Waals surface area contributed by atoms with E-state index < -0.39 is 0 Å². The molecular formula is C21H22BrN3O3S. The van der Waals surface area contributed by atoms with Gasteiger partial charge in [-0.2, -0.15) is 0 Å². The molecule has 0 spiro atoms. The molecule has 0 aromatic heterocycles. The monoisotopic (exact) mass is 475 g/mol. The molecule has 0 saturated carbocycles. The first-order chi connectivity index (χ1) is 14.0. The average molecular weight is 476 g/mol. The largest absolute Gasteiger partial charge is 0.493 e. The minimum atomic E-state index is -0.337. The number of hydrogen-bond donors (Lipinski definition) is 2. The van der Waals surface area contributed by atoms with Crippen LogP contribution in [0.5, 0.6) is 5.75 Å². The molecule has 1 aliphatic heterocycles. The summed E-state index contributed by atoms with van der Waals surface area (Å²) in [6.45, 7) is 4.02. The molecule has 6 nitrogen and oxygen atoms in total. The van der Waals surface area contributed by atoms with Gasteiger partial charge in [0.2, 0.25) is 0 Å². The van der Waals surface area contributed by atoms with Crippen molar-refractivity contribution < 1.29 is 14.3 Å². The summed E-state index contributed by atoms with van der Waals surface area (Å²) >= 11 is 8.65. The highest BCUT2D eigenvalue weighted by Gasteiger charge is 2.19. The first-order valence-electron chi connectivity index (χ1n) is 9.42. The van der Waals surface area contributed by atoms with E-state index in [1.165, 1.54) is 0 Å². The topological polar surface area (TPSA) is 70.7 Å². The summed E-state index contributed by atoms with van der Waals surface area (Å²) in [6.07, 6.45) is 2.09. The van der Waals surface area contributed by atoms with E-state index in [1.54, 1.807) is 42.5 Å². The van der Waals surface area contributed by atoms with Crippen molar-refractivity contribution in [1.82, 2.24) is 10.2 Å². The number of thiocarbonyl (C=S) groups is 1. The van der Waals surface area contributed by atoms with E-state index in [4.69, 9.17) is 17.0 Å². The van der Waals surface area contributed by atoms with Crippen LogP contribution in [-0.4, -0.2) is 41.5 Å². The highest BCUT2D eigenvalue weighted by molar-refractivity contribution is 9.10. The number of ether oxygens (including phenoxy) is 1. The lowest BCUT2D eigenvalue weighted by molar-refractivity contribution is 0.0792. The molecule has 0 aliphatic carbocycles. The van der Waals surface area contributed by atoms with Gasteiger partial charge < -0.3 is 15.0 Å². The fourth-order valence-corrected chi connectivity index (χ4v) is 3.79. The highest BCUT2D eigenvalue weighted by atomic mass is 79.9. The van der Waals surface area contributed by atoms with Crippen molar-refractivity contribution in [2.45, 2.75) is 19.8 Å². The summed E-state index contributed by atoms with van der Waals surface area (Å²) in [5.74, 6) is 0.347. The SMILES string of the molecule is CCOc1ccc(C(=O)NC(=S)Nc2cccc(C(=O)N3CCCC3)c2)cc1Br. The Morgan fingerprint density at radius 1 is 1.14 bits per heavy atom. The fraction of sp³-hybridized carbons (Fsp3) is 0.286. The Kier molecular flexibility index (Phi) is 7.22. The predicted octanol–water partition coefficient (Wildman–Crippen LogP) is 4.21. The molecule has 8 heteroatoms. The maximum absolute atomic E-state index is 12.5. The molecule has 2 N–H and O–H groups in total. The number of carbonyl (C=O) groups excluding carboxylic acids is 2. The molecule has 0 radical (unpaired) electrons. The summed E-state index contributed by atoms with van der Waals surface area (Å²) in [5, 5.41) is 5.78. The molecule has 0 bridgehead atoms. The van der Waals surface area contributed by atoms with E-state index in [-0.39, 0.29) is 16.9 Å². The second-order valence-corrected chi connectivity index (χ2v) is 7.83. The molecule has 1 fully saturated rings. The summed E-state index contributed by atoms with van der Waals surface area (Å²) in [5.41, 5.74) is 1.69. The Labute approximate surface area is 183 Å².